The third kappa shape index (κ3) is 1.51. The zero-order valence-electron chi connectivity index (χ0n) is 7.29. The van der Waals surface area contributed by atoms with Gasteiger partial charge in [0, 0.05) is 6.04 Å². The highest BCUT2D eigenvalue weighted by atomic mass is 14.6. The van der Waals surface area contributed by atoms with Gasteiger partial charge in [-0.1, -0.05) is 29.9 Å². The monoisotopic (exact) mass is 161 g/mol. The van der Waals surface area contributed by atoms with E-state index in [1.807, 2.05) is 0 Å². The molecule has 64 valence electrons. The summed E-state index contributed by atoms with van der Waals surface area (Å²) in [7, 11) is 0. The molecule has 0 saturated heterocycles. The number of hydrogen-bond donors (Lipinski definition) is 1. The second-order valence-electron chi connectivity index (χ2n) is 3.62. The Morgan fingerprint density at radius 2 is 2.25 bits per heavy atom. The third-order valence-corrected chi connectivity index (χ3v) is 2.66. The summed E-state index contributed by atoms with van der Waals surface area (Å²) in [6, 6.07) is 0.395. The summed E-state index contributed by atoms with van der Waals surface area (Å²) in [5.74, 6) is 0. The molecule has 0 bridgehead atoms. The fraction of sp³-hybridized carbons (Fsp3) is 0.455. The first-order valence-corrected chi connectivity index (χ1v) is 4.66. The molecule has 2 aliphatic carbocycles. The minimum Gasteiger partial charge on any atom is -0.327 e. The maximum absolute atomic E-state index is 5.90. The molecule has 2 aliphatic rings. The van der Waals surface area contributed by atoms with Gasteiger partial charge in [0.05, 0.1) is 0 Å². The van der Waals surface area contributed by atoms with Crippen molar-refractivity contribution in [2.24, 2.45) is 5.73 Å². The largest absolute Gasteiger partial charge is 0.327 e. The summed E-state index contributed by atoms with van der Waals surface area (Å²) >= 11 is 0. The molecule has 1 heteroatoms. The molecule has 0 aromatic heterocycles. The van der Waals surface area contributed by atoms with Crippen LogP contribution >= 0.6 is 0 Å². The normalized spacial score (nSPS) is 28.6. The Hall–Kier alpha value is -0.820. The maximum Gasteiger partial charge on any atom is 0.00823 e. The van der Waals surface area contributed by atoms with Crippen molar-refractivity contribution in [3.05, 3.63) is 35.5 Å². The Kier molecular flexibility index (Phi) is 2.13. The second-order valence-corrected chi connectivity index (χ2v) is 3.62. The first-order valence-electron chi connectivity index (χ1n) is 4.66. The fourth-order valence-corrected chi connectivity index (χ4v) is 1.93. The summed E-state index contributed by atoms with van der Waals surface area (Å²) in [4.78, 5) is 0. The van der Waals surface area contributed by atoms with E-state index < -0.39 is 0 Å². The molecule has 0 fully saturated rings. The molecule has 12 heavy (non-hydrogen) atoms. The lowest BCUT2D eigenvalue weighted by Gasteiger charge is -2.22. The van der Waals surface area contributed by atoms with Crippen LogP contribution in [0.15, 0.2) is 35.5 Å². The van der Waals surface area contributed by atoms with Crippen molar-refractivity contribution < 1.29 is 0 Å². The number of hydrogen-bond acceptors (Lipinski definition) is 1. The molecule has 1 atom stereocenters. The summed E-state index contributed by atoms with van der Waals surface area (Å²) < 4.78 is 0. The van der Waals surface area contributed by atoms with E-state index in [0.717, 1.165) is 12.8 Å². The van der Waals surface area contributed by atoms with Gasteiger partial charge in [0.25, 0.3) is 0 Å². The minimum atomic E-state index is 0.395. The van der Waals surface area contributed by atoms with Gasteiger partial charge in [-0.15, -0.1) is 0 Å². The molecule has 1 nitrogen and oxygen atoms in total. The summed E-state index contributed by atoms with van der Waals surface area (Å²) in [5.41, 5.74) is 8.99. The van der Waals surface area contributed by atoms with Crippen molar-refractivity contribution in [1.29, 1.82) is 0 Å². The van der Waals surface area contributed by atoms with Crippen molar-refractivity contribution in [2.45, 2.75) is 31.7 Å². The van der Waals surface area contributed by atoms with E-state index in [2.05, 4.69) is 24.3 Å². The van der Waals surface area contributed by atoms with Gasteiger partial charge in [0.1, 0.15) is 0 Å². The van der Waals surface area contributed by atoms with Gasteiger partial charge in [0.2, 0.25) is 0 Å². The highest BCUT2D eigenvalue weighted by Crippen LogP contribution is 2.28. The highest BCUT2D eigenvalue weighted by Gasteiger charge is 2.15. The van der Waals surface area contributed by atoms with Crippen molar-refractivity contribution in [1.82, 2.24) is 0 Å². The first kappa shape index (κ1) is 7.81. The van der Waals surface area contributed by atoms with Crippen LogP contribution in [0.3, 0.4) is 0 Å². The van der Waals surface area contributed by atoms with Crippen LogP contribution in [0.25, 0.3) is 0 Å². The van der Waals surface area contributed by atoms with Crippen LogP contribution in [0.5, 0.6) is 0 Å². The Morgan fingerprint density at radius 1 is 1.33 bits per heavy atom. The Bertz CT molecular complexity index is 258. The lowest BCUT2D eigenvalue weighted by Crippen LogP contribution is -2.23. The van der Waals surface area contributed by atoms with E-state index in [9.17, 15) is 0 Å². The standard InChI is InChI=1S/C11H15N/c12-11-7-6-9-4-2-1-3-5-10(9)8-11/h1-3,5,11H,4,6-8,12H2. The molecule has 0 amide bonds. The molecule has 0 aliphatic heterocycles. The van der Waals surface area contributed by atoms with Crippen molar-refractivity contribution in [3.63, 3.8) is 0 Å². The molecule has 0 saturated carbocycles. The van der Waals surface area contributed by atoms with Crippen LogP contribution in [0, 0.1) is 0 Å². The molecule has 2 rings (SSSR count). The number of rotatable bonds is 0. The van der Waals surface area contributed by atoms with E-state index in [1.165, 1.54) is 18.4 Å². The highest BCUT2D eigenvalue weighted by molar-refractivity contribution is 5.34. The molecule has 0 radical (unpaired) electrons. The number of nitrogens with two attached hydrogens (primary N) is 1. The average Bonchev–Trinajstić information content (AvgIpc) is 2.28. The van der Waals surface area contributed by atoms with Gasteiger partial charge in [-0.2, -0.15) is 0 Å². The molecular formula is C11H15N. The van der Waals surface area contributed by atoms with Gasteiger partial charge in [-0.05, 0) is 31.3 Å². The summed E-state index contributed by atoms with van der Waals surface area (Å²) in [6.45, 7) is 0. The van der Waals surface area contributed by atoms with E-state index in [1.54, 1.807) is 5.57 Å². The van der Waals surface area contributed by atoms with E-state index in [4.69, 9.17) is 5.73 Å². The Balaban J connectivity index is 2.23. The molecule has 1 unspecified atom stereocenters. The van der Waals surface area contributed by atoms with Gasteiger partial charge in [0.15, 0.2) is 0 Å². The quantitative estimate of drug-likeness (QED) is 0.579. The zero-order chi connectivity index (χ0) is 8.39. The predicted octanol–water partition coefficient (Wildman–Crippen LogP) is 2.31. The molecule has 2 N–H and O–H groups in total. The molecular weight excluding hydrogens is 146 g/mol. The fourth-order valence-electron chi connectivity index (χ4n) is 1.93. The molecule has 0 aromatic rings. The van der Waals surface area contributed by atoms with Gasteiger partial charge in [-0.25, -0.2) is 0 Å². The third-order valence-electron chi connectivity index (χ3n) is 2.66. The van der Waals surface area contributed by atoms with Crippen molar-refractivity contribution in [3.8, 4) is 0 Å². The van der Waals surface area contributed by atoms with E-state index in [0.29, 0.717) is 6.04 Å². The molecule has 0 spiro atoms. The minimum absolute atomic E-state index is 0.395. The van der Waals surface area contributed by atoms with Crippen LogP contribution in [-0.2, 0) is 0 Å². The smallest absolute Gasteiger partial charge is 0.00823 e. The van der Waals surface area contributed by atoms with Crippen LogP contribution < -0.4 is 5.73 Å². The predicted molar refractivity (Wildman–Crippen MR) is 51.7 cm³/mol. The van der Waals surface area contributed by atoms with Crippen LogP contribution in [0.4, 0.5) is 0 Å². The lowest BCUT2D eigenvalue weighted by atomic mass is 9.87. The van der Waals surface area contributed by atoms with Gasteiger partial charge < -0.3 is 5.73 Å². The van der Waals surface area contributed by atoms with E-state index >= 15 is 0 Å². The molecule has 0 heterocycles. The second kappa shape index (κ2) is 3.28. The van der Waals surface area contributed by atoms with E-state index in [-0.39, 0.29) is 0 Å². The number of allylic oxidation sites excluding steroid dienone is 5. The van der Waals surface area contributed by atoms with Gasteiger partial charge in [-0.3, -0.25) is 0 Å². The van der Waals surface area contributed by atoms with Crippen LogP contribution in [0.2, 0.25) is 0 Å². The molecule has 0 aromatic carbocycles. The summed E-state index contributed by atoms with van der Waals surface area (Å²) in [6.07, 6.45) is 13.3. The lowest BCUT2D eigenvalue weighted by molar-refractivity contribution is 0.571. The Labute approximate surface area is 73.6 Å². The maximum atomic E-state index is 5.90. The first-order chi connectivity index (χ1) is 5.86. The van der Waals surface area contributed by atoms with Gasteiger partial charge >= 0.3 is 0 Å². The van der Waals surface area contributed by atoms with Crippen molar-refractivity contribution in [2.75, 3.05) is 0 Å². The average molecular weight is 161 g/mol. The Morgan fingerprint density at radius 3 is 3.17 bits per heavy atom. The zero-order valence-corrected chi connectivity index (χ0v) is 7.29. The van der Waals surface area contributed by atoms with Crippen LogP contribution in [0.1, 0.15) is 25.7 Å². The summed E-state index contributed by atoms with van der Waals surface area (Å²) in [5, 5.41) is 0. The van der Waals surface area contributed by atoms with Crippen LogP contribution in [-0.4, -0.2) is 6.04 Å². The SMILES string of the molecule is NC1CCC2=C(C=CC=CC2)C1. The van der Waals surface area contributed by atoms with Crippen molar-refractivity contribution >= 4 is 0 Å². The topological polar surface area (TPSA) is 26.0 Å².